The maximum atomic E-state index is 12.7. The van der Waals surface area contributed by atoms with E-state index in [-0.39, 0.29) is 27.6 Å². The van der Waals surface area contributed by atoms with Gasteiger partial charge in [0, 0.05) is 27.8 Å². The van der Waals surface area contributed by atoms with E-state index in [0.717, 1.165) is 49.7 Å². The van der Waals surface area contributed by atoms with Gasteiger partial charge in [-0.05, 0) is 95.6 Å². The molecule has 198 valence electrons. The molecule has 2 saturated carbocycles. The van der Waals surface area contributed by atoms with Crippen LogP contribution in [0, 0.1) is 17.3 Å². The number of amides is 3. The van der Waals surface area contributed by atoms with Crippen molar-refractivity contribution in [3.05, 3.63) is 0 Å². The number of hydrogen-bond donors (Lipinski definition) is 3. The van der Waals surface area contributed by atoms with Gasteiger partial charge < -0.3 is 16.0 Å². The van der Waals surface area contributed by atoms with E-state index in [0.29, 0.717) is 12.1 Å². The third-order valence-corrected chi connectivity index (χ3v) is 8.78. The summed E-state index contributed by atoms with van der Waals surface area (Å²) in [5, 5.41) is 9.74. The third kappa shape index (κ3) is 10.4. The van der Waals surface area contributed by atoms with Crippen molar-refractivity contribution >= 4 is 23.7 Å². The van der Waals surface area contributed by atoms with Crippen LogP contribution in [0.2, 0.25) is 0 Å². The first-order valence-corrected chi connectivity index (χ1v) is 14.7. The maximum Gasteiger partial charge on any atom is 0.315 e. The highest BCUT2D eigenvalue weighted by atomic mass is 32.2. The lowest BCUT2D eigenvalue weighted by molar-refractivity contribution is -0.129. The van der Waals surface area contributed by atoms with Crippen LogP contribution in [-0.2, 0) is 4.79 Å². The molecule has 0 unspecified atom stereocenters. The summed E-state index contributed by atoms with van der Waals surface area (Å²) < 4.78 is 0.154. The number of carbonyl (C=O) groups is 2. The van der Waals surface area contributed by atoms with Crippen LogP contribution in [0.3, 0.4) is 0 Å². The van der Waals surface area contributed by atoms with E-state index < -0.39 is 0 Å². The lowest BCUT2D eigenvalue weighted by Crippen LogP contribution is -2.53. The number of thioether (sulfide) groups is 1. The van der Waals surface area contributed by atoms with E-state index >= 15 is 0 Å². The van der Waals surface area contributed by atoms with E-state index in [4.69, 9.17) is 0 Å². The molecule has 0 atom stereocenters. The summed E-state index contributed by atoms with van der Waals surface area (Å²) in [4.78, 5) is 24.9. The average Bonchev–Trinajstić information content (AvgIpc) is 2.68. The van der Waals surface area contributed by atoms with Gasteiger partial charge >= 0.3 is 6.03 Å². The minimum atomic E-state index is -0.305. The highest BCUT2D eigenvalue weighted by Crippen LogP contribution is 2.36. The van der Waals surface area contributed by atoms with Gasteiger partial charge in [0.25, 0.3) is 0 Å². The van der Waals surface area contributed by atoms with Crippen molar-refractivity contribution in [2.75, 3.05) is 5.75 Å². The van der Waals surface area contributed by atoms with E-state index in [1.54, 1.807) is 0 Å². The van der Waals surface area contributed by atoms with Crippen molar-refractivity contribution in [3.63, 3.8) is 0 Å². The SMILES string of the molecule is CCSC(C)(C)CC(C)(C)NC(=O)NC1CCC(CC2CCC(NC(=O)C(C)(C)C)CC2)CC1. The molecule has 0 aromatic carbocycles. The number of carbonyl (C=O) groups excluding carboxylic acids is 2. The van der Waals surface area contributed by atoms with Crippen LogP contribution in [0.25, 0.3) is 0 Å². The lowest BCUT2D eigenvalue weighted by Gasteiger charge is -2.37. The molecule has 2 fully saturated rings. The van der Waals surface area contributed by atoms with E-state index in [1.165, 1.54) is 32.1 Å². The third-order valence-electron chi connectivity index (χ3n) is 7.57. The van der Waals surface area contributed by atoms with Crippen molar-refractivity contribution in [2.45, 2.75) is 142 Å². The van der Waals surface area contributed by atoms with Crippen LogP contribution >= 0.6 is 11.8 Å². The molecule has 6 heteroatoms. The molecular weight excluding hydrogens is 442 g/mol. The molecule has 0 aliphatic heterocycles. The van der Waals surface area contributed by atoms with Gasteiger partial charge in [-0.3, -0.25) is 4.79 Å². The van der Waals surface area contributed by atoms with Crippen LogP contribution in [0.1, 0.15) is 120 Å². The van der Waals surface area contributed by atoms with E-state index in [9.17, 15) is 9.59 Å². The van der Waals surface area contributed by atoms with E-state index in [1.807, 2.05) is 32.5 Å². The summed E-state index contributed by atoms with van der Waals surface area (Å²) in [6.07, 6.45) is 11.6. The fraction of sp³-hybridized carbons (Fsp3) is 0.929. The first kappa shape index (κ1) is 29.3. The Balaban J connectivity index is 1.66. The second-order valence-electron chi connectivity index (χ2n) is 13.2. The highest BCUT2D eigenvalue weighted by Gasteiger charge is 2.32. The summed E-state index contributed by atoms with van der Waals surface area (Å²) in [6.45, 7) is 16.9. The Bertz CT molecular complexity index is 655. The van der Waals surface area contributed by atoms with Gasteiger partial charge in [0.05, 0.1) is 0 Å². The van der Waals surface area contributed by atoms with Gasteiger partial charge in [0.15, 0.2) is 0 Å². The Morgan fingerprint density at radius 1 is 0.765 bits per heavy atom. The van der Waals surface area contributed by atoms with Crippen LogP contribution in [0.5, 0.6) is 0 Å². The standard InChI is InChI=1S/C28H53N3O2S/c1-9-34-28(7,8)19-27(5,6)31-25(33)30-23-16-12-21(13-17-23)18-20-10-14-22(15-11-20)29-24(32)26(2,3)4/h20-23H,9-19H2,1-8H3,(H,29,32)(H2,30,31,33). The first-order chi connectivity index (χ1) is 15.7. The Hall–Kier alpha value is -0.910. The molecule has 34 heavy (non-hydrogen) atoms. The van der Waals surface area contributed by atoms with Crippen molar-refractivity contribution in [2.24, 2.45) is 17.3 Å². The zero-order valence-corrected chi connectivity index (χ0v) is 24.1. The Labute approximate surface area is 214 Å². The quantitative estimate of drug-likeness (QED) is 0.335. The van der Waals surface area contributed by atoms with Gasteiger partial charge in [-0.25, -0.2) is 4.79 Å². The molecule has 0 bridgehead atoms. The molecule has 2 aliphatic carbocycles. The first-order valence-electron chi connectivity index (χ1n) is 13.7. The smallest absolute Gasteiger partial charge is 0.315 e. The second kappa shape index (κ2) is 12.4. The molecule has 0 saturated heterocycles. The maximum absolute atomic E-state index is 12.7. The van der Waals surface area contributed by atoms with Gasteiger partial charge in [0.2, 0.25) is 5.91 Å². The number of rotatable bonds is 9. The normalized spacial score (nSPS) is 26.6. The molecule has 0 radical (unpaired) electrons. The van der Waals surface area contributed by atoms with Crippen molar-refractivity contribution in [1.29, 1.82) is 0 Å². The predicted octanol–water partition coefficient (Wildman–Crippen LogP) is 6.66. The molecule has 0 heterocycles. The summed E-state index contributed by atoms with van der Waals surface area (Å²) >= 11 is 1.95. The monoisotopic (exact) mass is 495 g/mol. The molecule has 5 nitrogen and oxygen atoms in total. The Morgan fingerprint density at radius 3 is 1.68 bits per heavy atom. The van der Waals surface area contributed by atoms with Crippen molar-refractivity contribution in [3.8, 4) is 0 Å². The molecule has 3 N–H and O–H groups in total. The number of urea groups is 1. The Morgan fingerprint density at radius 2 is 1.24 bits per heavy atom. The van der Waals surface area contributed by atoms with Crippen LogP contribution in [0.15, 0.2) is 0 Å². The summed E-state index contributed by atoms with van der Waals surface area (Å²) in [5.41, 5.74) is -0.529. The minimum absolute atomic E-state index is 0.0126. The number of nitrogens with one attached hydrogen (secondary N) is 3. The summed E-state index contributed by atoms with van der Waals surface area (Å²) in [6, 6.07) is 0.645. The van der Waals surface area contributed by atoms with Gasteiger partial charge in [0.1, 0.15) is 0 Å². The zero-order valence-electron chi connectivity index (χ0n) is 23.3. The summed E-state index contributed by atoms with van der Waals surface area (Å²) in [5.74, 6) is 2.85. The molecule has 3 amide bonds. The molecule has 0 spiro atoms. The molecule has 2 rings (SSSR count). The number of hydrogen-bond acceptors (Lipinski definition) is 3. The topological polar surface area (TPSA) is 70.2 Å². The molecule has 0 aromatic rings. The second-order valence-corrected chi connectivity index (χ2v) is 15.2. The molecule has 2 aliphatic rings. The fourth-order valence-electron chi connectivity index (χ4n) is 6.04. The predicted molar refractivity (Wildman–Crippen MR) is 146 cm³/mol. The van der Waals surface area contributed by atoms with E-state index in [2.05, 4.69) is 50.6 Å². The van der Waals surface area contributed by atoms with Crippen LogP contribution in [-0.4, -0.2) is 40.1 Å². The minimum Gasteiger partial charge on any atom is -0.353 e. The molecule has 0 aromatic heterocycles. The highest BCUT2D eigenvalue weighted by molar-refractivity contribution is 8.00. The molecular formula is C28H53N3O2S. The average molecular weight is 496 g/mol. The lowest BCUT2D eigenvalue weighted by atomic mass is 9.75. The van der Waals surface area contributed by atoms with Gasteiger partial charge in [-0.15, -0.1) is 0 Å². The van der Waals surface area contributed by atoms with Crippen LogP contribution < -0.4 is 16.0 Å². The van der Waals surface area contributed by atoms with Crippen molar-refractivity contribution < 1.29 is 9.59 Å². The van der Waals surface area contributed by atoms with Crippen molar-refractivity contribution in [1.82, 2.24) is 16.0 Å². The van der Waals surface area contributed by atoms with Crippen LogP contribution in [0.4, 0.5) is 4.79 Å². The largest absolute Gasteiger partial charge is 0.353 e. The fourth-order valence-corrected chi connectivity index (χ4v) is 7.28. The Kier molecular flexibility index (Phi) is 10.7. The zero-order chi connectivity index (χ0) is 25.6. The van der Waals surface area contributed by atoms with Gasteiger partial charge in [-0.1, -0.05) is 41.5 Å². The van der Waals surface area contributed by atoms with Gasteiger partial charge in [-0.2, -0.15) is 11.8 Å². The summed E-state index contributed by atoms with van der Waals surface area (Å²) in [7, 11) is 0.